The van der Waals surface area contributed by atoms with Crippen LogP contribution >= 0.6 is 0 Å². The number of sulfonamides is 1. The van der Waals surface area contributed by atoms with E-state index in [4.69, 9.17) is 13.9 Å². The van der Waals surface area contributed by atoms with Crippen LogP contribution in [0.4, 0.5) is 4.79 Å². The third-order valence-electron chi connectivity index (χ3n) is 8.60. The molecule has 2 fully saturated rings. The topological polar surface area (TPSA) is 137 Å². The van der Waals surface area contributed by atoms with Crippen molar-refractivity contribution in [1.29, 1.82) is 0 Å². The Balaban J connectivity index is 1.07. The number of carbonyl (C=O) groups excluding carboxylic acids is 2. The first-order chi connectivity index (χ1) is 21.8. The molecule has 7 rings (SSSR count). The zero-order valence-corrected chi connectivity index (χ0v) is 24.9. The molecule has 11 nitrogen and oxygen atoms in total. The van der Waals surface area contributed by atoms with Gasteiger partial charge < -0.3 is 19.2 Å². The number of nitrogens with one attached hydrogen (secondary N) is 1. The van der Waals surface area contributed by atoms with Gasteiger partial charge in [-0.1, -0.05) is 36.4 Å². The van der Waals surface area contributed by atoms with Crippen LogP contribution in [-0.2, 0) is 32.8 Å². The summed E-state index contributed by atoms with van der Waals surface area (Å²) in [5.74, 6) is -0.614. The number of aromatic nitrogens is 1. The first-order valence-corrected chi connectivity index (χ1v) is 16.0. The first-order valence-electron chi connectivity index (χ1n) is 14.5. The van der Waals surface area contributed by atoms with Crippen molar-refractivity contribution >= 4 is 43.8 Å². The molecule has 1 saturated carbocycles. The van der Waals surface area contributed by atoms with Crippen LogP contribution in [0.3, 0.4) is 0 Å². The molecule has 230 valence electrons. The summed E-state index contributed by atoms with van der Waals surface area (Å²) in [6.07, 6.45) is 3.99. The second kappa shape index (κ2) is 11.2. The number of hydrogen-bond donors (Lipinski definition) is 1. The SMILES string of the molecule is O=C(NC1CCN(S(=O)(=O)c2cccc3c(=O)n(COC(=O)c4ccc5occc5c4)ccc23)C12CC2)OCc1ccccc1. The van der Waals surface area contributed by atoms with Gasteiger partial charge in [-0.2, -0.15) is 4.31 Å². The largest absolute Gasteiger partial charge is 0.464 e. The van der Waals surface area contributed by atoms with Gasteiger partial charge in [0.15, 0.2) is 6.73 Å². The molecule has 1 N–H and O–H groups in total. The Morgan fingerprint density at radius 1 is 0.956 bits per heavy atom. The molecule has 1 unspecified atom stereocenters. The van der Waals surface area contributed by atoms with Gasteiger partial charge in [0.05, 0.1) is 28.3 Å². The highest BCUT2D eigenvalue weighted by Crippen LogP contribution is 2.52. The van der Waals surface area contributed by atoms with Crippen LogP contribution in [0.25, 0.3) is 21.7 Å². The highest BCUT2D eigenvalue weighted by atomic mass is 32.2. The fraction of sp³-hybridized carbons (Fsp3) is 0.242. The van der Waals surface area contributed by atoms with Gasteiger partial charge in [0.2, 0.25) is 10.0 Å². The first kappa shape index (κ1) is 28.8. The summed E-state index contributed by atoms with van der Waals surface area (Å²) in [7, 11) is -4.04. The van der Waals surface area contributed by atoms with Crippen molar-refractivity contribution in [2.75, 3.05) is 6.54 Å². The zero-order valence-electron chi connectivity index (χ0n) is 24.0. The molecule has 5 aromatic rings. The van der Waals surface area contributed by atoms with Crippen molar-refractivity contribution in [3.8, 4) is 0 Å². The maximum Gasteiger partial charge on any atom is 0.407 e. The minimum atomic E-state index is -4.04. The van der Waals surface area contributed by atoms with E-state index in [1.165, 1.54) is 33.5 Å². The van der Waals surface area contributed by atoms with E-state index < -0.39 is 39.2 Å². The van der Waals surface area contributed by atoms with Gasteiger partial charge in [0, 0.05) is 28.9 Å². The number of amides is 1. The smallest absolute Gasteiger partial charge is 0.407 e. The van der Waals surface area contributed by atoms with E-state index in [1.54, 1.807) is 36.4 Å². The van der Waals surface area contributed by atoms with Gasteiger partial charge in [-0.15, -0.1) is 0 Å². The molecule has 1 aliphatic heterocycles. The van der Waals surface area contributed by atoms with E-state index >= 15 is 0 Å². The predicted octanol–water partition coefficient (Wildman–Crippen LogP) is 4.78. The minimum Gasteiger partial charge on any atom is -0.464 e. The molecular weight excluding hydrogens is 598 g/mol. The number of hydrogen-bond acceptors (Lipinski definition) is 8. The second-order valence-corrected chi connectivity index (χ2v) is 13.1. The third kappa shape index (κ3) is 5.25. The lowest BCUT2D eigenvalue weighted by Crippen LogP contribution is -2.48. The molecule has 0 radical (unpaired) electrons. The lowest BCUT2D eigenvalue weighted by atomic mass is 10.1. The molecule has 1 amide bonds. The van der Waals surface area contributed by atoms with Crippen molar-refractivity contribution in [2.45, 2.75) is 49.1 Å². The van der Waals surface area contributed by atoms with Crippen LogP contribution in [0.5, 0.6) is 0 Å². The van der Waals surface area contributed by atoms with Gasteiger partial charge in [-0.05, 0) is 67.3 Å². The maximum absolute atomic E-state index is 14.1. The fourth-order valence-corrected chi connectivity index (χ4v) is 8.23. The highest BCUT2D eigenvalue weighted by molar-refractivity contribution is 7.89. The summed E-state index contributed by atoms with van der Waals surface area (Å²) in [6, 6.07) is 21.6. The minimum absolute atomic E-state index is 0.00763. The number of ether oxygens (including phenoxy) is 2. The monoisotopic (exact) mass is 627 g/mol. The Morgan fingerprint density at radius 3 is 2.58 bits per heavy atom. The van der Waals surface area contributed by atoms with Crippen LogP contribution in [0.15, 0.2) is 105 Å². The molecule has 12 heteroatoms. The molecule has 45 heavy (non-hydrogen) atoms. The standard InChI is InChI=1S/C33H29N3O8S/c37-30-26-7-4-8-28(25(26)11-16-35(30)21-44-31(38)24-9-10-27-23(19-24)13-18-42-27)45(40,41)36-17-12-29(33(36)14-15-33)34-32(39)43-20-22-5-2-1-3-6-22/h1-11,13,16,18-19,29H,12,14-15,17,20-21H2,(H,34,39). The van der Waals surface area contributed by atoms with Crippen LogP contribution < -0.4 is 10.9 Å². The van der Waals surface area contributed by atoms with E-state index in [0.717, 1.165) is 10.9 Å². The Kier molecular flexibility index (Phi) is 7.17. The Bertz CT molecular complexity index is 2100. The molecule has 2 aromatic heterocycles. The number of pyridine rings is 1. The van der Waals surface area contributed by atoms with Crippen molar-refractivity contribution in [3.05, 3.63) is 113 Å². The molecule has 1 atom stereocenters. The molecule has 3 heterocycles. The van der Waals surface area contributed by atoms with Crippen molar-refractivity contribution in [2.24, 2.45) is 0 Å². The number of rotatable bonds is 8. The Hall–Kier alpha value is -4.94. The molecule has 3 aromatic carbocycles. The molecule has 1 saturated heterocycles. The van der Waals surface area contributed by atoms with Gasteiger partial charge in [-0.3, -0.25) is 9.36 Å². The Labute approximate surface area is 258 Å². The lowest BCUT2D eigenvalue weighted by molar-refractivity contribution is 0.0367. The number of nitrogens with zero attached hydrogens (tertiary/aromatic N) is 2. The number of esters is 1. The van der Waals surface area contributed by atoms with E-state index in [0.29, 0.717) is 30.4 Å². The lowest BCUT2D eigenvalue weighted by Gasteiger charge is -2.28. The van der Waals surface area contributed by atoms with E-state index in [1.807, 2.05) is 30.3 Å². The van der Waals surface area contributed by atoms with Gasteiger partial charge in [0.25, 0.3) is 5.56 Å². The summed E-state index contributed by atoms with van der Waals surface area (Å²) in [5.41, 5.74) is 0.562. The molecule has 1 aliphatic carbocycles. The maximum atomic E-state index is 14.1. The summed E-state index contributed by atoms with van der Waals surface area (Å²) in [4.78, 5) is 38.7. The summed E-state index contributed by atoms with van der Waals surface area (Å²) < 4.78 is 46.9. The fourth-order valence-electron chi connectivity index (χ4n) is 6.15. The average molecular weight is 628 g/mol. The second-order valence-electron chi connectivity index (χ2n) is 11.3. The summed E-state index contributed by atoms with van der Waals surface area (Å²) in [5, 5.41) is 4.08. The van der Waals surface area contributed by atoms with Crippen molar-refractivity contribution in [1.82, 2.24) is 14.2 Å². The van der Waals surface area contributed by atoms with E-state index in [-0.39, 0.29) is 35.6 Å². The number of alkyl carbamates (subject to hydrolysis) is 1. The molecule has 2 aliphatic rings. The zero-order chi connectivity index (χ0) is 31.2. The third-order valence-corrected chi connectivity index (χ3v) is 10.6. The summed E-state index contributed by atoms with van der Waals surface area (Å²) in [6.45, 7) is -0.0147. The molecule has 1 spiro atoms. The van der Waals surface area contributed by atoms with Crippen LogP contribution in [0, 0.1) is 0 Å². The van der Waals surface area contributed by atoms with E-state index in [2.05, 4.69) is 5.32 Å². The van der Waals surface area contributed by atoms with Crippen molar-refractivity contribution < 1.29 is 31.9 Å². The van der Waals surface area contributed by atoms with Crippen LogP contribution in [0.2, 0.25) is 0 Å². The van der Waals surface area contributed by atoms with E-state index in [9.17, 15) is 22.8 Å². The number of benzene rings is 3. The van der Waals surface area contributed by atoms with Crippen LogP contribution in [0.1, 0.15) is 35.2 Å². The predicted molar refractivity (Wildman–Crippen MR) is 164 cm³/mol. The number of carbonyl (C=O) groups is 2. The number of fused-ring (bicyclic) bond motifs is 2. The van der Waals surface area contributed by atoms with Gasteiger partial charge in [-0.25, -0.2) is 18.0 Å². The Morgan fingerprint density at radius 2 is 1.78 bits per heavy atom. The quantitative estimate of drug-likeness (QED) is 0.243. The molecule has 0 bridgehead atoms. The highest BCUT2D eigenvalue weighted by Gasteiger charge is 2.62. The summed E-state index contributed by atoms with van der Waals surface area (Å²) >= 11 is 0. The normalized spacial score (nSPS) is 17.5. The average Bonchev–Trinajstić information content (AvgIpc) is 3.55. The molecular formula is C33H29N3O8S. The van der Waals surface area contributed by atoms with Crippen LogP contribution in [-0.4, -0.2) is 47.5 Å². The van der Waals surface area contributed by atoms with Gasteiger partial charge in [0.1, 0.15) is 12.2 Å². The number of furan rings is 1. The van der Waals surface area contributed by atoms with Crippen molar-refractivity contribution in [3.63, 3.8) is 0 Å². The van der Waals surface area contributed by atoms with Gasteiger partial charge >= 0.3 is 12.1 Å².